The minimum atomic E-state index is -0.525. The van der Waals surface area contributed by atoms with Crippen molar-refractivity contribution >= 4 is 17.6 Å². The molecule has 2 saturated heterocycles. The van der Waals surface area contributed by atoms with Gasteiger partial charge in [-0.2, -0.15) is 0 Å². The smallest absolute Gasteiger partial charge is 0.227 e. The molecule has 0 aromatic heterocycles. The molecule has 4 rings (SSSR count). The molecular weight excluding hydrogens is 380 g/mol. The summed E-state index contributed by atoms with van der Waals surface area (Å²) in [5, 5.41) is 0. The molecule has 6 nitrogen and oxygen atoms in total. The van der Waals surface area contributed by atoms with Crippen LogP contribution in [0, 0.1) is 19.8 Å². The molecule has 1 atom stereocenters. The maximum absolute atomic E-state index is 13.1. The van der Waals surface area contributed by atoms with E-state index in [2.05, 4.69) is 0 Å². The number of Topliss-reactive ketones (excluding diaryl/α,β-unsaturated/α-hetero) is 1. The molecule has 2 amide bonds. The third-order valence-corrected chi connectivity index (χ3v) is 7.05. The van der Waals surface area contributed by atoms with E-state index < -0.39 is 5.60 Å². The number of ketones is 1. The normalized spacial score (nSPS) is 23.6. The van der Waals surface area contributed by atoms with E-state index in [1.807, 2.05) is 56.6 Å². The summed E-state index contributed by atoms with van der Waals surface area (Å²) in [5.74, 6) is 0.678. The van der Waals surface area contributed by atoms with Crippen LogP contribution in [-0.4, -0.2) is 58.2 Å². The van der Waals surface area contributed by atoms with E-state index in [1.54, 1.807) is 0 Å². The van der Waals surface area contributed by atoms with Gasteiger partial charge in [-0.15, -0.1) is 0 Å². The fraction of sp³-hybridized carbons (Fsp3) is 0.625. The Bertz CT molecular complexity index is 907. The Labute approximate surface area is 178 Å². The van der Waals surface area contributed by atoms with Gasteiger partial charge < -0.3 is 14.5 Å². The number of rotatable bonds is 1. The van der Waals surface area contributed by atoms with Crippen molar-refractivity contribution < 1.29 is 19.1 Å². The first-order valence-electron chi connectivity index (χ1n) is 10.9. The number of aryl methyl sites for hydroxylation is 1. The number of amides is 2. The largest absolute Gasteiger partial charge is 0.486 e. The quantitative estimate of drug-likeness (QED) is 0.710. The SMILES string of the molecule is Cc1ccc2c(c1C)OC1(CCN(C(=O)C3CC(=O)N(C(C)(C)C)C3)CC1)CC2=O. The molecule has 2 fully saturated rings. The molecule has 0 aliphatic carbocycles. The summed E-state index contributed by atoms with van der Waals surface area (Å²) in [6, 6.07) is 3.84. The maximum atomic E-state index is 13.1. The Morgan fingerprint density at radius 2 is 1.80 bits per heavy atom. The van der Waals surface area contributed by atoms with Crippen LogP contribution in [0.25, 0.3) is 0 Å². The highest BCUT2D eigenvalue weighted by atomic mass is 16.5. The number of fused-ring (bicyclic) bond motifs is 1. The van der Waals surface area contributed by atoms with Crippen LogP contribution in [0.5, 0.6) is 5.75 Å². The van der Waals surface area contributed by atoms with Gasteiger partial charge in [-0.25, -0.2) is 0 Å². The van der Waals surface area contributed by atoms with Gasteiger partial charge in [0, 0.05) is 44.4 Å². The summed E-state index contributed by atoms with van der Waals surface area (Å²) >= 11 is 0. The van der Waals surface area contributed by atoms with Gasteiger partial charge in [0.25, 0.3) is 0 Å². The van der Waals surface area contributed by atoms with Crippen LogP contribution in [0.2, 0.25) is 0 Å². The number of ether oxygens (including phenoxy) is 1. The van der Waals surface area contributed by atoms with Crippen LogP contribution >= 0.6 is 0 Å². The molecule has 1 aromatic carbocycles. The standard InChI is InChI=1S/C24H32N2O4/c1-15-6-7-18-19(27)13-24(30-21(18)16(15)2)8-10-25(11-9-24)22(29)17-12-20(28)26(14-17)23(3,4)5/h6-7,17H,8-14H2,1-5H3. The zero-order valence-corrected chi connectivity index (χ0v) is 18.7. The molecule has 6 heteroatoms. The van der Waals surface area contributed by atoms with E-state index >= 15 is 0 Å². The molecule has 3 aliphatic rings. The Balaban J connectivity index is 1.44. The van der Waals surface area contributed by atoms with Gasteiger partial charge in [0.1, 0.15) is 11.4 Å². The summed E-state index contributed by atoms with van der Waals surface area (Å²) in [4.78, 5) is 41.9. The number of nitrogens with zero attached hydrogens (tertiary/aromatic N) is 2. The maximum Gasteiger partial charge on any atom is 0.227 e. The third kappa shape index (κ3) is 3.50. The average Bonchev–Trinajstić information content (AvgIpc) is 3.07. The summed E-state index contributed by atoms with van der Waals surface area (Å²) in [5.41, 5.74) is 2.01. The van der Waals surface area contributed by atoms with E-state index in [0.717, 1.165) is 11.1 Å². The number of likely N-dealkylation sites (tertiary alicyclic amines) is 2. The van der Waals surface area contributed by atoms with Crippen molar-refractivity contribution in [3.63, 3.8) is 0 Å². The summed E-state index contributed by atoms with van der Waals surface area (Å²) in [6.07, 6.45) is 1.94. The van der Waals surface area contributed by atoms with Crippen molar-refractivity contribution in [2.45, 2.75) is 71.4 Å². The molecule has 0 bridgehead atoms. The van der Waals surface area contributed by atoms with Crippen LogP contribution < -0.4 is 4.74 Å². The number of carbonyl (C=O) groups is 3. The number of benzene rings is 1. The highest BCUT2D eigenvalue weighted by Gasteiger charge is 2.46. The molecule has 1 unspecified atom stereocenters. The first-order valence-corrected chi connectivity index (χ1v) is 10.9. The van der Waals surface area contributed by atoms with Crippen molar-refractivity contribution in [3.8, 4) is 5.75 Å². The van der Waals surface area contributed by atoms with Crippen LogP contribution in [0.15, 0.2) is 12.1 Å². The molecule has 30 heavy (non-hydrogen) atoms. The van der Waals surface area contributed by atoms with Gasteiger partial charge in [-0.3, -0.25) is 14.4 Å². The minimum Gasteiger partial charge on any atom is -0.486 e. The summed E-state index contributed by atoms with van der Waals surface area (Å²) in [6.45, 7) is 11.6. The van der Waals surface area contributed by atoms with Gasteiger partial charge in [0.15, 0.2) is 5.78 Å². The summed E-state index contributed by atoms with van der Waals surface area (Å²) < 4.78 is 6.45. The Kier molecular flexibility index (Phi) is 4.94. The zero-order valence-electron chi connectivity index (χ0n) is 18.7. The predicted octanol–water partition coefficient (Wildman–Crippen LogP) is 3.28. The topological polar surface area (TPSA) is 66.9 Å². The number of carbonyl (C=O) groups excluding carboxylic acids is 3. The Morgan fingerprint density at radius 3 is 2.40 bits per heavy atom. The summed E-state index contributed by atoms with van der Waals surface area (Å²) in [7, 11) is 0. The predicted molar refractivity (Wildman–Crippen MR) is 114 cm³/mol. The van der Waals surface area contributed by atoms with Gasteiger partial charge in [-0.1, -0.05) is 6.07 Å². The highest BCUT2D eigenvalue weighted by molar-refractivity contribution is 6.01. The van der Waals surface area contributed by atoms with Gasteiger partial charge in [0.2, 0.25) is 11.8 Å². The molecule has 3 aliphatic heterocycles. The van der Waals surface area contributed by atoms with Gasteiger partial charge in [0.05, 0.1) is 17.9 Å². The molecule has 0 N–H and O–H groups in total. The second-order valence-electron chi connectivity index (χ2n) is 10.2. The third-order valence-electron chi connectivity index (χ3n) is 7.05. The lowest BCUT2D eigenvalue weighted by Crippen LogP contribution is -2.53. The van der Waals surface area contributed by atoms with E-state index in [9.17, 15) is 14.4 Å². The first-order chi connectivity index (χ1) is 14.0. The highest BCUT2D eigenvalue weighted by Crippen LogP contribution is 2.42. The number of hydrogen-bond donors (Lipinski definition) is 0. The van der Waals surface area contributed by atoms with Crippen molar-refractivity contribution in [1.29, 1.82) is 0 Å². The second kappa shape index (κ2) is 7.10. The zero-order chi connectivity index (χ0) is 21.8. The average molecular weight is 413 g/mol. The van der Waals surface area contributed by atoms with Crippen LogP contribution in [0.3, 0.4) is 0 Å². The van der Waals surface area contributed by atoms with Crippen molar-refractivity contribution in [2.75, 3.05) is 19.6 Å². The molecular formula is C24H32N2O4. The molecule has 3 heterocycles. The molecule has 1 aromatic rings. The minimum absolute atomic E-state index is 0.0537. The first kappa shape index (κ1) is 20.9. The lowest BCUT2D eigenvalue weighted by molar-refractivity contribution is -0.139. The molecule has 0 radical (unpaired) electrons. The van der Waals surface area contributed by atoms with E-state index in [-0.39, 0.29) is 29.1 Å². The molecule has 0 saturated carbocycles. The van der Waals surface area contributed by atoms with Gasteiger partial charge >= 0.3 is 0 Å². The number of piperidine rings is 1. The molecule has 162 valence electrons. The van der Waals surface area contributed by atoms with E-state index in [4.69, 9.17) is 4.74 Å². The van der Waals surface area contributed by atoms with Crippen LogP contribution in [-0.2, 0) is 9.59 Å². The van der Waals surface area contributed by atoms with Crippen LogP contribution in [0.1, 0.15) is 67.9 Å². The van der Waals surface area contributed by atoms with Crippen molar-refractivity contribution in [2.24, 2.45) is 5.92 Å². The second-order valence-corrected chi connectivity index (χ2v) is 10.2. The lowest BCUT2D eigenvalue weighted by Gasteiger charge is -2.44. The van der Waals surface area contributed by atoms with E-state index in [0.29, 0.717) is 56.6 Å². The van der Waals surface area contributed by atoms with Crippen LogP contribution in [0.4, 0.5) is 0 Å². The van der Waals surface area contributed by atoms with Gasteiger partial charge in [-0.05, 0) is 51.8 Å². The lowest BCUT2D eigenvalue weighted by atomic mass is 9.81. The monoisotopic (exact) mass is 412 g/mol. The van der Waals surface area contributed by atoms with Crippen molar-refractivity contribution in [3.05, 3.63) is 28.8 Å². The van der Waals surface area contributed by atoms with E-state index in [1.165, 1.54) is 0 Å². The van der Waals surface area contributed by atoms with Crippen molar-refractivity contribution in [1.82, 2.24) is 9.80 Å². The molecule has 1 spiro atoms. The fourth-order valence-corrected chi connectivity index (χ4v) is 4.97. The Hall–Kier alpha value is -2.37. The fourth-order valence-electron chi connectivity index (χ4n) is 4.97. The Morgan fingerprint density at radius 1 is 1.13 bits per heavy atom. The number of hydrogen-bond acceptors (Lipinski definition) is 4.